The fraction of sp³-hybridized carbons (Fsp3) is 0.571. The molecule has 0 saturated carbocycles. The second kappa shape index (κ2) is 6.47. The molecule has 0 aromatic rings. The number of carbonyl (C=O) groups is 1. The van der Waals surface area contributed by atoms with Crippen molar-refractivity contribution in [3.8, 4) is 6.07 Å². The van der Waals surface area contributed by atoms with E-state index in [1.807, 2.05) is 0 Å². The standard InChI is InChI=1S/C7H8N2O2S/c1-2-11-7(10)6(3-8)4-9-5-12/h6H,2,4H2,1H3. The summed E-state index contributed by atoms with van der Waals surface area (Å²) >= 11 is 4.29. The van der Waals surface area contributed by atoms with Crippen molar-refractivity contribution in [3.63, 3.8) is 0 Å². The molecule has 4 nitrogen and oxygen atoms in total. The molecule has 1 atom stereocenters. The molecule has 0 N–H and O–H groups in total. The van der Waals surface area contributed by atoms with Gasteiger partial charge in [-0.05, 0) is 19.1 Å². The lowest BCUT2D eigenvalue weighted by atomic mass is 10.2. The Morgan fingerprint density at radius 3 is 2.92 bits per heavy atom. The van der Waals surface area contributed by atoms with Crippen molar-refractivity contribution in [2.75, 3.05) is 13.2 Å². The minimum Gasteiger partial charge on any atom is -0.465 e. The lowest BCUT2D eigenvalue weighted by Gasteiger charge is -2.03. The summed E-state index contributed by atoms with van der Waals surface area (Å²) in [6, 6.07) is 1.77. The van der Waals surface area contributed by atoms with Crippen molar-refractivity contribution in [1.29, 1.82) is 5.26 Å². The molecule has 0 heterocycles. The molecule has 0 amide bonds. The van der Waals surface area contributed by atoms with Crippen LogP contribution in [-0.4, -0.2) is 24.3 Å². The van der Waals surface area contributed by atoms with Crippen molar-refractivity contribution in [2.24, 2.45) is 10.9 Å². The lowest BCUT2D eigenvalue weighted by Crippen LogP contribution is -2.18. The van der Waals surface area contributed by atoms with Crippen LogP contribution in [0, 0.1) is 17.2 Å². The maximum absolute atomic E-state index is 10.9. The topological polar surface area (TPSA) is 62.5 Å². The minimum absolute atomic E-state index is 0.0266. The average molecular weight is 184 g/mol. The molecule has 64 valence electrons. The predicted octanol–water partition coefficient (Wildman–Crippen LogP) is 0.792. The number of rotatable bonds is 4. The van der Waals surface area contributed by atoms with Crippen LogP contribution >= 0.6 is 12.2 Å². The Balaban J connectivity index is 4.07. The summed E-state index contributed by atoms with van der Waals surface area (Å²) in [4.78, 5) is 14.4. The van der Waals surface area contributed by atoms with Crippen LogP contribution in [0.1, 0.15) is 6.92 Å². The summed E-state index contributed by atoms with van der Waals surface area (Å²) in [5.41, 5.74) is 0. The van der Waals surface area contributed by atoms with Crippen LogP contribution in [0.5, 0.6) is 0 Å². The molecular formula is C7H8N2O2S. The molecule has 0 rings (SSSR count). The zero-order valence-corrected chi connectivity index (χ0v) is 7.43. The second-order valence-corrected chi connectivity index (χ2v) is 2.05. The highest BCUT2D eigenvalue weighted by Gasteiger charge is 2.17. The summed E-state index contributed by atoms with van der Waals surface area (Å²) in [5.74, 6) is -1.42. The Morgan fingerprint density at radius 1 is 1.83 bits per heavy atom. The SMILES string of the molecule is CCOC(=O)C(C#N)CN=C=S. The molecule has 0 saturated heterocycles. The third kappa shape index (κ3) is 3.81. The van der Waals surface area contributed by atoms with Gasteiger partial charge < -0.3 is 4.74 Å². The molecular weight excluding hydrogens is 176 g/mol. The lowest BCUT2D eigenvalue weighted by molar-refractivity contribution is -0.145. The summed E-state index contributed by atoms with van der Waals surface area (Å²) in [7, 11) is 0. The van der Waals surface area contributed by atoms with Gasteiger partial charge in [-0.3, -0.25) is 4.79 Å². The monoisotopic (exact) mass is 184 g/mol. The number of hydrogen-bond acceptors (Lipinski definition) is 5. The highest BCUT2D eigenvalue weighted by Crippen LogP contribution is 1.98. The van der Waals surface area contributed by atoms with E-state index >= 15 is 0 Å². The summed E-state index contributed by atoms with van der Waals surface area (Å²) in [6.07, 6.45) is 0. The maximum Gasteiger partial charge on any atom is 0.325 e. The van der Waals surface area contributed by atoms with Crippen molar-refractivity contribution in [1.82, 2.24) is 0 Å². The normalized spacial score (nSPS) is 10.7. The first-order chi connectivity index (χ1) is 5.76. The van der Waals surface area contributed by atoms with Gasteiger partial charge in [-0.2, -0.15) is 5.26 Å². The Labute approximate surface area is 75.9 Å². The molecule has 1 unspecified atom stereocenters. The van der Waals surface area contributed by atoms with Crippen molar-refractivity contribution in [2.45, 2.75) is 6.92 Å². The Morgan fingerprint density at radius 2 is 2.50 bits per heavy atom. The van der Waals surface area contributed by atoms with E-state index in [1.165, 1.54) is 0 Å². The minimum atomic E-state index is -0.861. The van der Waals surface area contributed by atoms with Gasteiger partial charge in [0.05, 0.1) is 24.4 Å². The molecule has 0 aromatic carbocycles. The van der Waals surface area contributed by atoms with Crippen molar-refractivity contribution in [3.05, 3.63) is 0 Å². The first-order valence-electron chi connectivity index (χ1n) is 3.36. The third-order valence-electron chi connectivity index (χ3n) is 1.07. The quantitative estimate of drug-likeness (QED) is 0.368. The number of carbonyl (C=O) groups excluding carboxylic acids is 1. The van der Waals surface area contributed by atoms with Crippen LogP contribution in [0.25, 0.3) is 0 Å². The number of nitriles is 1. The van der Waals surface area contributed by atoms with Gasteiger partial charge in [-0.15, -0.1) is 0 Å². The highest BCUT2D eigenvalue weighted by molar-refractivity contribution is 7.78. The van der Waals surface area contributed by atoms with Crippen LogP contribution in [0.15, 0.2) is 4.99 Å². The average Bonchev–Trinajstić information content (AvgIpc) is 2.06. The smallest absolute Gasteiger partial charge is 0.325 e. The Bertz CT molecular complexity index is 240. The van der Waals surface area contributed by atoms with Gasteiger partial charge in [0.2, 0.25) is 0 Å². The summed E-state index contributed by atoms with van der Waals surface area (Å²) in [5, 5.41) is 10.6. The third-order valence-corrected chi connectivity index (χ3v) is 1.19. The Hall–Kier alpha value is -1.24. The Kier molecular flexibility index (Phi) is 5.80. The fourth-order valence-corrected chi connectivity index (χ4v) is 0.614. The fourth-order valence-electron chi connectivity index (χ4n) is 0.539. The van der Waals surface area contributed by atoms with E-state index < -0.39 is 11.9 Å². The highest BCUT2D eigenvalue weighted by atomic mass is 32.1. The first-order valence-corrected chi connectivity index (χ1v) is 3.77. The molecule has 0 aliphatic heterocycles. The van der Waals surface area contributed by atoms with Crippen molar-refractivity contribution < 1.29 is 9.53 Å². The van der Waals surface area contributed by atoms with Crippen LogP contribution in [0.3, 0.4) is 0 Å². The van der Waals surface area contributed by atoms with Gasteiger partial charge in [0.25, 0.3) is 0 Å². The van der Waals surface area contributed by atoms with E-state index in [9.17, 15) is 4.79 Å². The predicted molar refractivity (Wildman–Crippen MR) is 45.6 cm³/mol. The van der Waals surface area contributed by atoms with Gasteiger partial charge in [0, 0.05) is 0 Å². The van der Waals surface area contributed by atoms with E-state index in [2.05, 4.69) is 27.1 Å². The van der Waals surface area contributed by atoms with Gasteiger partial charge in [0.1, 0.15) is 0 Å². The zero-order chi connectivity index (χ0) is 9.40. The van der Waals surface area contributed by atoms with E-state index in [-0.39, 0.29) is 13.2 Å². The molecule has 0 radical (unpaired) electrons. The van der Waals surface area contributed by atoms with Gasteiger partial charge in [-0.1, -0.05) is 0 Å². The van der Waals surface area contributed by atoms with Gasteiger partial charge >= 0.3 is 5.97 Å². The second-order valence-electron chi connectivity index (χ2n) is 1.87. The number of hydrogen-bond donors (Lipinski definition) is 0. The summed E-state index contributed by atoms with van der Waals surface area (Å²) in [6.45, 7) is 1.96. The number of thiocarbonyl (C=S) groups is 1. The number of esters is 1. The van der Waals surface area contributed by atoms with Crippen LogP contribution in [-0.2, 0) is 9.53 Å². The van der Waals surface area contributed by atoms with E-state index in [0.717, 1.165) is 0 Å². The molecule has 12 heavy (non-hydrogen) atoms. The molecule has 0 aliphatic carbocycles. The number of nitrogens with zero attached hydrogens (tertiary/aromatic N) is 2. The largest absolute Gasteiger partial charge is 0.465 e. The molecule has 0 bridgehead atoms. The molecule has 0 aliphatic rings. The van der Waals surface area contributed by atoms with Gasteiger partial charge in [0.15, 0.2) is 5.92 Å². The molecule has 5 heteroatoms. The molecule has 0 spiro atoms. The van der Waals surface area contributed by atoms with Crippen LogP contribution in [0.4, 0.5) is 0 Å². The zero-order valence-electron chi connectivity index (χ0n) is 6.61. The van der Waals surface area contributed by atoms with E-state index in [0.29, 0.717) is 0 Å². The number of ether oxygens (including phenoxy) is 1. The molecule has 0 aromatic heterocycles. The van der Waals surface area contributed by atoms with Crippen molar-refractivity contribution >= 4 is 23.3 Å². The van der Waals surface area contributed by atoms with Crippen LogP contribution < -0.4 is 0 Å². The van der Waals surface area contributed by atoms with E-state index in [1.54, 1.807) is 13.0 Å². The first kappa shape index (κ1) is 10.8. The maximum atomic E-state index is 10.9. The summed E-state index contributed by atoms with van der Waals surface area (Å²) < 4.78 is 4.61. The number of aliphatic imine (C=N–C) groups is 1. The van der Waals surface area contributed by atoms with Gasteiger partial charge in [-0.25, -0.2) is 4.99 Å². The van der Waals surface area contributed by atoms with Crippen LogP contribution in [0.2, 0.25) is 0 Å². The number of isothiocyanates is 1. The molecule has 0 fully saturated rings. The van der Waals surface area contributed by atoms with E-state index in [4.69, 9.17) is 5.26 Å².